The van der Waals surface area contributed by atoms with Gasteiger partial charge in [-0.25, -0.2) is 13.1 Å². The monoisotopic (exact) mass is 361 g/mol. The lowest BCUT2D eigenvalue weighted by molar-refractivity contribution is -0.129. The van der Waals surface area contributed by atoms with E-state index >= 15 is 0 Å². The second-order valence-corrected chi connectivity index (χ2v) is 7.83. The molecule has 1 rings (SSSR count). The van der Waals surface area contributed by atoms with Crippen LogP contribution < -0.4 is 15.4 Å². The predicted molar refractivity (Wildman–Crippen MR) is 96.5 cm³/mol. The van der Waals surface area contributed by atoms with E-state index in [0.29, 0.717) is 38.4 Å². The van der Waals surface area contributed by atoms with E-state index in [1.165, 1.54) is 0 Å². The number of guanidine groups is 1. The van der Waals surface area contributed by atoms with Crippen LogP contribution in [0.1, 0.15) is 40.0 Å². The van der Waals surface area contributed by atoms with Crippen LogP contribution in [0.3, 0.4) is 0 Å². The minimum absolute atomic E-state index is 0.0924. The Morgan fingerprint density at radius 3 is 2.67 bits per heavy atom. The molecule has 0 saturated carbocycles. The van der Waals surface area contributed by atoms with Crippen LogP contribution in [0.2, 0.25) is 0 Å². The zero-order valence-corrected chi connectivity index (χ0v) is 15.8. The molecule has 0 aromatic rings. The van der Waals surface area contributed by atoms with E-state index in [4.69, 9.17) is 0 Å². The van der Waals surface area contributed by atoms with Gasteiger partial charge >= 0.3 is 0 Å². The van der Waals surface area contributed by atoms with Crippen LogP contribution in [0, 0.1) is 0 Å². The summed E-state index contributed by atoms with van der Waals surface area (Å²) in [5.41, 5.74) is 0. The molecule has 1 unspecified atom stereocenters. The van der Waals surface area contributed by atoms with Gasteiger partial charge in [0, 0.05) is 45.2 Å². The molecule has 1 amide bonds. The largest absolute Gasteiger partial charge is 0.357 e. The number of carbonyl (C=O) groups is 1. The van der Waals surface area contributed by atoms with Gasteiger partial charge < -0.3 is 15.5 Å². The lowest BCUT2D eigenvalue weighted by Gasteiger charge is -2.18. The van der Waals surface area contributed by atoms with Gasteiger partial charge in [0.2, 0.25) is 15.9 Å². The summed E-state index contributed by atoms with van der Waals surface area (Å²) in [7, 11) is -3.13. The lowest BCUT2D eigenvalue weighted by atomic mass is 10.3. The van der Waals surface area contributed by atoms with Crippen molar-refractivity contribution in [2.75, 3.05) is 38.5 Å². The van der Waals surface area contributed by atoms with Gasteiger partial charge in [-0.1, -0.05) is 6.92 Å². The van der Waals surface area contributed by atoms with Crippen molar-refractivity contribution in [2.45, 2.75) is 46.1 Å². The van der Waals surface area contributed by atoms with Crippen molar-refractivity contribution in [2.24, 2.45) is 4.99 Å². The topological polar surface area (TPSA) is 103 Å². The molecule has 0 spiro atoms. The highest BCUT2D eigenvalue weighted by Crippen LogP contribution is 2.10. The van der Waals surface area contributed by atoms with Crippen LogP contribution in [-0.4, -0.2) is 69.7 Å². The molecule has 1 aliphatic heterocycles. The Balaban J connectivity index is 2.39. The van der Waals surface area contributed by atoms with Gasteiger partial charge in [0.15, 0.2) is 5.96 Å². The molecule has 140 valence electrons. The number of sulfonamides is 1. The molecule has 1 aliphatic rings. The van der Waals surface area contributed by atoms with Crippen LogP contribution in [0.4, 0.5) is 0 Å². The molecule has 0 bridgehead atoms. The molecule has 1 saturated heterocycles. The third kappa shape index (κ3) is 7.48. The van der Waals surface area contributed by atoms with E-state index in [9.17, 15) is 13.2 Å². The van der Waals surface area contributed by atoms with Gasteiger partial charge in [-0.2, -0.15) is 0 Å². The van der Waals surface area contributed by atoms with Crippen molar-refractivity contribution in [1.82, 2.24) is 20.3 Å². The van der Waals surface area contributed by atoms with Gasteiger partial charge in [-0.05, 0) is 26.7 Å². The number of hydrogen-bond donors (Lipinski definition) is 3. The number of rotatable bonds is 9. The maximum atomic E-state index is 11.7. The Morgan fingerprint density at radius 2 is 2.04 bits per heavy atom. The summed E-state index contributed by atoms with van der Waals surface area (Å²) in [6.07, 6.45) is 2.09. The molecule has 1 fully saturated rings. The molecule has 0 radical (unpaired) electrons. The first-order valence-corrected chi connectivity index (χ1v) is 10.4. The SMILES string of the molecule is CCNC(=NCCCNS(=O)(=O)CC)NC1CCN(C(=O)CC)C1. The first kappa shape index (κ1) is 20.7. The maximum Gasteiger partial charge on any atom is 0.222 e. The minimum Gasteiger partial charge on any atom is -0.357 e. The highest BCUT2D eigenvalue weighted by Gasteiger charge is 2.25. The third-order valence-electron chi connectivity index (χ3n) is 3.84. The van der Waals surface area contributed by atoms with E-state index < -0.39 is 10.0 Å². The molecule has 24 heavy (non-hydrogen) atoms. The zero-order chi connectivity index (χ0) is 18.0. The summed E-state index contributed by atoms with van der Waals surface area (Å²) in [6.45, 7) is 8.64. The summed E-state index contributed by atoms with van der Waals surface area (Å²) in [5.74, 6) is 0.992. The highest BCUT2D eigenvalue weighted by molar-refractivity contribution is 7.89. The van der Waals surface area contributed by atoms with Crippen molar-refractivity contribution in [3.05, 3.63) is 0 Å². The molecule has 1 atom stereocenters. The van der Waals surface area contributed by atoms with Crippen molar-refractivity contribution in [3.63, 3.8) is 0 Å². The minimum atomic E-state index is -3.13. The fourth-order valence-corrected chi connectivity index (χ4v) is 3.10. The Bertz CT molecular complexity index is 521. The summed E-state index contributed by atoms with van der Waals surface area (Å²) in [6, 6.07) is 0.205. The van der Waals surface area contributed by atoms with Crippen molar-refractivity contribution in [3.8, 4) is 0 Å². The Hall–Kier alpha value is -1.35. The maximum absolute atomic E-state index is 11.7. The van der Waals surface area contributed by atoms with Crippen LogP contribution >= 0.6 is 0 Å². The number of likely N-dealkylation sites (tertiary alicyclic amines) is 1. The molecular weight excluding hydrogens is 330 g/mol. The van der Waals surface area contributed by atoms with Gasteiger partial charge in [0.05, 0.1) is 5.75 Å². The van der Waals surface area contributed by atoms with Crippen molar-refractivity contribution in [1.29, 1.82) is 0 Å². The van der Waals surface area contributed by atoms with Crippen LogP contribution in [0.5, 0.6) is 0 Å². The standard InChI is InChI=1S/C15H31N5O3S/c1-4-14(21)20-11-8-13(12-20)19-15(16-5-2)17-9-7-10-18-24(22,23)6-3/h13,18H,4-12H2,1-3H3,(H2,16,17,19). The Morgan fingerprint density at radius 1 is 1.29 bits per heavy atom. The second kappa shape index (κ2) is 10.5. The second-order valence-electron chi connectivity index (χ2n) is 5.74. The Kier molecular flexibility index (Phi) is 9.05. The van der Waals surface area contributed by atoms with Crippen molar-refractivity contribution < 1.29 is 13.2 Å². The third-order valence-corrected chi connectivity index (χ3v) is 5.24. The predicted octanol–water partition coefficient (Wildman–Crippen LogP) is -0.118. The van der Waals surface area contributed by atoms with E-state index in [-0.39, 0.29) is 17.7 Å². The molecular formula is C15H31N5O3S. The number of nitrogens with one attached hydrogen (secondary N) is 3. The molecule has 0 aliphatic carbocycles. The van der Waals surface area contributed by atoms with Crippen LogP contribution in [0.15, 0.2) is 4.99 Å². The first-order chi connectivity index (χ1) is 11.4. The molecule has 0 aromatic heterocycles. The highest BCUT2D eigenvalue weighted by atomic mass is 32.2. The molecule has 0 aromatic carbocycles. The fraction of sp³-hybridized carbons (Fsp3) is 0.867. The zero-order valence-electron chi connectivity index (χ0n) is 15.0. The van der Waals surface area contributed by atoms with Crippen LogP contribution in [-0.2, 0) is 14.8 Å². The smallest absolute Gasteiger partial charge is 0.222 e. The van der Waals surface area contributed by atoms with E-state index in [0.717, 1.165) is 19.5 Å². The summed E-state index contributed by atoms with van der Waals surface area (Å²) < 4.78 is 25.2. The fourth-order valence-electron chi connectivity index (χ4n) is 2.44. The van der Waals surface area contributed by atoms with Gasteiger partial charge in [0.1, 0.15) is 0 Å². The summed E-state index contributed by atoms with van der Waals surface area (Å²) in [4.78, 5) is 18.1. The number of hydrogen-bond acceptors (Lipinski definition) is 4. The number of amides is 1. The number of carbonyl (C=O) groups excluding carboxylic acids is 1. The Labute approximate surface area is 145 Å². The quantitative estimate of drug-likeness (QED) is 0.302. The molecule has 3 N–H and O–H groups in total. The average Bonchev–Trinajstić information content (AvgIpc) is 3.02. The molecule has 8 nitrogen and oxygen atoms in total. The molecule has 1 heterocycles. The van der Waals surface area contributed by atoms with E-state index in [2.05, 4.69) is 20.3 Å². The van der Waals surface area contributed by atoms with Crippen LogP contribution in [0.25, 0.3) is 0 Å². The number of aliphatic imine (C=N–C) groups is 1. The van der Waals surface area contributed by atoms with E-state index in [1.807, 2.05) is 18.7 Å². The normalized spacial score (nSPS) is 18.7. The van der Waals surface area contributed by atoms with Crippen molar-refractivity contribution >= 4 is 21.9 Å². The first-order valence-electron chi connectivity index (χ1n) is 8.71. The molecule has 9 heteroatoms. The lowest BCUT2D eigenvalue weighted by Crippen LogP contribution is -2.45. The van der Waals surface area contributed by atoms with E-state index in [1.54, 1.807) is 6.92 Å². The van der Waals surface area contributed by atoms with Gasteiger partial charge in [-0.15, -0.1) is 0 Å². The average molecular weight is 362 g/mol. The van der Waals surface area contributed by atoms with Gasteiger partial charge in [0.25, 0.3) is 0 Å². The summed E-state index contributed by atoms with van der Waals surface area (Å²) in [5, 5.41) is 6.53. The number of nitrogens with zero attached hydrogens (tertiary/aromatic N) is 2. The summed E-state index contributed by atoms with van der Waals surface area (Å²) >= 11 is 0. The van der Waals surface area contributed by atoms with Gasteiger partial charge in [-0.3, -0.25) is 9.79 Å².